The number of hydrogen-bond acceptors (Lipinski definition) is 3. The van der Waals surface area contributed by atoms with Crippen LogP contribution in [-0.4, -0.2) is 29.8 Å². The molecule has 1 saturated heterocycles. The summed E-state index contributed by atoms with van der Waals surface area (Å²) in [6.07, 6.45) is 2.61. The van der Waals surface area contributed by atoms with Gasteiger partial charge in [0.15, 0.2) is 0 Å². The van der Waals surface area contributed by atoms with Gasteiger partial charge in [-0.2, -0.15) is 0 Å². The average Bonchev–Trinajstić information content (AvgIpc) is 2.72. The Kier molecular flexibility index (Phi) is 3.37. The topological polar surface area (TPSA) is 58.6 Å². The molecular weight excluding hydrogens is 266 g/mol. The monoisotopic (exact) mass is 281 g/mol. The zero-order valence-electron chi connectivity index (χ0n) is 10.4. The second kappa shape index (κ2) is 5.02. The number of nitrogens with one attached hydrogen (secondary N) is 1. The molecule has 4 nitrogen and oxygen atoms in total. The highest BCUT2D eigenvalue weighted by Gasteiger charge is 2.45. The first-order valence-corrected chi connectivity index (χ1v) is 6.89. The van der Waals surface area contributed by atoms with E-state index < -0.39 is 0 Å². The lowest BCUT2D eigenvalue weighted by atomic mass is 9.76. The third kappa shape index (κ3) is 2.55. The van der Waals surface area contributed by atoms with Gasteiger partial charge >= 0.3 is 0 Å². The predicted molar refractivity (Wildman–Crippen MR) is 71.2 cm³/mol. The number of amides is 1. The van der Waals surface area contributed by atoms with Gasteiger partial charge in [-0.25, -0.2) is 0 Å². The number of fused-ring (bicyclic) bond motifs is 1. The molecule has 19 heavy (non-hydrogen) atoms. The number of benzene rings is 1. The minimum absolute atomic E-state index is 0.00268. The van der Waals surface area contributed by atoms with Gasteiger partial charge in [0.1, 0.15) is 5.75 Å². The molecule has 5 heteroatoms. The molecule has 0 radical (unpaired) electrons. The van der Waals surface area contributed by atoms with Crippen molar-refractivity contribution in [1.29, 1.82) is 0 Å². The van der Waals surface area contributed by atoms with E-state index in [0.29, 0.717) is 12.0 Å². The van der Waals surface area contributed by atoms with Gasteiger partial charge in [0.25, 0.3) is 0 Å². The molecule has 1 aliphatic heterocycles. The molecule has 2 N–H and O–H groups in total. The molecule has 2 aliphatic rings. The fourth-order valence-corrected chi connectivity index (χ4v) is 3.07. The van der Waals surface area contributed by atoms with Crippen LogP contribution in [0, 0.1) is 5.92 Å². The van der Waals surface area contributed by atoms with E-state index in [0.717, 1.165) is 25.0 Å². The van der Waals surface area contributed by atoms with Crippen LogP contribution in [0.1, 0.15) is 18.4 Å². The molecule has 2 fully saturated rings. The summed E-state index contributed by atoms with van der Waals surface area (Å²) in [5.74, 6) is 0.528. The summed E-state index contributed by atoms with van der Waals surface area (Å²) < 4.78 is 5.51. The van der Waals surface area contributed by atoms with Crippen molar-refractivity contribution in [2.24, 2.45) is 5.92 Å². The molecule has 1 saturated carbocycles. The number of phenolic OH excluding ortho intramolecular Hbond substituents is 1. The Labute approximate surface area is 116 Å². The summed E-state index contributed by atoms with van der Waals surface area (Å²) in [5.41, 5.74) is 0.804. The smallest absolute Gasteiger partial charge is 0.224 e. The van der Waals surface area contributed by atoms with Crippen LogP contribution >= 0.6 is 11.6 Å². The van der Waals surface area contributed by atoms with Crippen molar-refractivity contribution in [3.05, 3.63) is 28.8 Å². The van der Waals surface area contributed by atoms with Gasteiger partial charge in [-0.3, -0.25) is 4.79 Å². The van der Waals surface area contributed by atoms with Crippen LogP contribution in [0.2, 0.25) is 5.02 Å². The summed E-state index contributed by atoms with van der Waals surface area (Å²) in [7, 11) is 0. The van der Waals surface area contributed by atoms with Crippen LogP contribution in [0.4, 0.5) is 0 Å². The molecule has 0 unspecified atom stereocenters. The minimum atomic E-state index is -0.00268. The number of phenols is 1. The zero-order valence-corrected chi connectivity index (χ0v) is 11.2. The second-order valence-corrected chi connectivity index (χ2v) is 5.64. The lowest BCUT2D eigenvalue weighted by Gasteiger charge is -2.39. The second-order valence-electron chi connectivity index (χ2n) is 5.23. The third-order valence-electron chi connectivity index (χ3n) is 3.99. The van der Waals surface area contributed by atoms with Crippen LogP contribution in [-0.2, 0) is 16.0 Å². The first kappa shape index (κ1) is 12.8. The van der Waals surface area contributed by atoms with E-state index >= 15 is 0 Å². The van der Waals surface area contributed by atoms with Gasteiger partial charge in [-0.1, -0.05) is 17.7 Å². The molecule has 3 rings (SSSR count). The van der Waals surface area contributed by atoms with Crippen LogP contribution in [0.25, 0.3) is 0 Å². The Morgan fingerprint density at radius 1 is 1.53 bits per heavy atom. The standard InChI is InChI=1S/C14H16ClNO3/c15-10-5-8(1-2-12(10)17)6-14(18)16-11-7-13-9(11)3-4-19-13/h1-2,5,9,11,13,17H,3-4,6-7H2,(H,16,18)/t9-,11+,13+/m1/s1. The van der Waals surface area contributed by atoms with Gasteiger partial charge < -0.3 is 15.2 Å². The van der Waals surface area contributed by atoms with Gasteiger partial charge in [-0.05, 0) is 30.5 Å². The molecular formula is C14H16ClNO3. The fraction of sp³-hybridized carbons (Fsp3) is 0.500. The first-order valence-electron chi connectivity index (χ1n) is 6.52. The molecule has 1 aliphatic carbocycles. The highest BCUT2D eigenvalue weighted by Crippen LogP contribution is 2.38. The highest BCUT2D eigenvalue weighted by molar-refractivity contribution is 6.32. The molecule has 1 aromatic rings. The number of carbonyl (C=O) groups excluding carboxylic acids is 1. The number of carbonyl (C=O) groups is 1. The molecule has 1 aromatic carbocycles. The molecule has 0 aromatic heterocycles. The van der Waals surface area contributed by atoms with Crippen molar-refractivity contribution < 1.29 is 14.6 Å². The van der Waals surface area contributed by atoms with Gasteiger partial charge in [0.05, 0.1) is 17.5 Å². The predicted octanol–water partition coefficient (Wildman–Crippen LogP) is 1.88. The van der Waals surface area contributed by atoms with Crippen molar-refractivity contribution in [3.63, 3.8) is 0 Å². The average molecular weight is 282 g/mol. The summed E-state index contributed by atoms with van der Waals surface area (Å²) in [6.45, 7) is 0.815. The third-order valence-corrected chi connectivity index (χ3v) is 4.29. The van der Waals surface area contributed by atoms with Crippen LogP contribution in [0.5, 0.6) is 5.75 Å². The SMILES string of the molecule is O=C(Cc1ccc(O)c(Cl)c1)N[C@H]1C[C@@H]2OCC[C@H]12. The number of rotatable bonds is 3. The number of halogens is 1. The minimum Gasteiger partial charge on any atom is -0.506 e. The Hall–Kier alpha value is -1.26. The lowest BCUT2D eigenvalue weighted by molar-refractivity contribution is -0.123. The Morgan fingerprint density at radius 2 is 2.37 bits per heavy atom. The van der Waals surface area contributed by atoms with Gasteiger partial charge in [0, 0.05) is 18.6 Å². The van der Waals surface area contributed by atoms with E-state index in [1.54, 1.807) is 12.1 Å². The number of ether oxygens (including phenoxy) is 1. The molecule has 102 valence electrons. The summed E-state index contributed by atoms with van der Waals surface area (Å²) in [6, 6.07) is 5.10. The quantitative estimate of drug-likeness (QED) is 0.889. The largest absolute Gasteiger partial charge is 0.506 e. The van der Waals surface area contributed by atoms with Crippen molar-refractivity contribution in [2.75, 3.05) is 6.61 Å². The number of aromatic hydroxyl groups is 1. The van der Waals surface area contributed by atoms with Crippen molar-refractivity contribution in [2.45, 2.75) is 31.4 Å². The van der Waals surface area contributed by atoms with Crippen LogP contribution in [0.3, 0.4) is 0 Å². The number of hydrogen-bond donors (Lipinski definition) is 2. The molecule has 0 spiro atoms. The Balaban J connectivity index is 1.55. The van der Waals surface area contributed by atoms with Crippen molar-refractivity contribution >= 4 is 17.5 Å². The van der Waals surface area contributed by atoms with Crippen LogP contribution < -0.4 is 5.32 Å². The normalized spacial score (nSPS) is 28.6. The molecule has 3 atom stereocenters. The Bertz CT molecular complexity index is 505. The van der Waals surface area contributed by atoms with E-state index in [4.69, 9.17) is 16.3 Å². The van der Waals surface area contributed by atoms with Gasteiger partial charge in [0.2, 0.25) is 5.91 Å². The first-order chi connectivity index (χ1) is 9.13. The van der Waals surface area contributed by atoms with Gasteiger partial charge in [-0.15, -0.1) is 0 Å². The van der Waals surface area contributed by atoms with E-state index in [1.165, 1.54) is 6.07 Å². The van der Waals surface area contributed by atoms with E-state index in [2.05, 4.69) is 5.32 Å². The van der Waals surface area contributed by atoms with E-state index in [-0.39, 0.29) is 29.1 Å². The summed E-state index contributed by atoms with van der Waals surface area (Å²) >= 11 is 5.82. The molecule has 1 amide bonds. The summed E-state index contributed by atoms with van der Waals surface area (Å²) in [4.78, 5) is 11.9. The highest BCUT2D eigenvalue weighted by atomic mass is 35.5. The maximum Gasteiger partial charge on any atom is 0.224 e. The molecule has 1 heterocycles. The zero-order chi connectivity index (χ0) is 13.4. The fourth-order valence-electron chi connectivity index (χ4n) is 2.87. The summed E-state index contributed by atoms with van der Waals surface area (Å²) in [5, 5.41) is 12.6. The lowest BCUT2D eigenvalue weighted by Crippen LogP contribution is -2.53. The van der Waals surface area contributed by atoms with Crippen molar-refractivity contribution in [3.8, 4) is 5.75 Å². The maximum atomic E-state index is 11.9. The Morgan fingerprint density at radius 3 is 3.11 bits per heavy atom. The maximum absolute atomic E-state index is 11.9. The van der Waals surface area contributed by atoms with Crippen LogP contribution in [0.15, 0.2) is 18.2 Å². The molecule has 0 bridgehead atoms. The van der Waals surface area contributed by atoms with Crippen molar-refractivity contribution in [1.82, 2.24) is 5.32 Å². The van der Waals surface area contributed by atoms with E-state index in [9.17, 15) is 9.90 Å². The van der Waals surface area contributed by atoms with E-state index in [1.807, 2.05) is 0 Å².